The van der Waals surface area contributed by atoms with Crippen molar-refractivity contribution >= 4 is 23.5 Å². The van der Waals surface area contributed by atoms with Gasteiger partial charge in [0.1, 0.15) is 11.8 Å². The highest BCUT2D eigenvalue weighted by Gasteiger charge is 2.38. The summed E-state index contributed by atoms with van der Waals surface area (Å²) in [6.07, 6.45) is 1.59. The smallest absolute Gasteiger partial charge is 0.326 e. The fraction of sp³-hybridized carbons (Fsp3) is 0.467. The zero-order chi connectivity index (χ0) is 15.6. The minimum absolute atomic E-state index is 0.0784. The molecule has 1 N–H and O–H groups in total. The van der Waals surface area contributed by atoms with Crippen molar-refractivity contribution in [1.29, 1.82) is 0 Å². The van der Waals surface area contributed by atoms with Crippen LogP contribution < -0.4 is 4.74 Å². The van der Waals surface area contributed by atoms with E-state index in [1.54, 1.807) is 12.1 Å². The maximum atomic E-state index is 12.7. The van der Waals surface area contributed by atoms with E-state index in [0.717, 1.165) is 12.8 Å². The van der Waals surface area contributed by atoms with Gasteiger partial charge in [0, 0.05) is 11.6 Å². The largest absolute Gasteiger partial charge is 0.496 e. The number of carbonyl (C=O) groups is 2. The molecule has 21 heavy (non-hydrogen) atoms. The van der Waals surface area contributed by atoms with E-state index in [-0.39, 0.29) is 11.8 Å². The fourth-order valence-electron chi connectivity index (χ4n) is 2.79. The second-order valence-corrected chi connectivity index (χ2v) is 5.68. The SMILES string of the molecule is COc1ccc(Cl)cc1C(=O)N1CCCC(C)C1C(=O)O. The van der Waals surface area contributed by atoms with Gasteiger partial charge in [-0.1, -0.05) is 18.5 Å². The zero-order valence-electron chi connectivity index (χ0n) is 12.0. The lowest BCUT2D eigenvalue weighted by Gasteiger charge is -2.37. The summed E-state index contributed by atoms with van der Waals surface area (Å²) in [6, 6.07) is 3.94. The number of piperidine rings is 1. The van der Waals surface area contributed by atoms with Gasteiger partial charge in [0.05, 0.1) is 12.7 Å². The first kappa shape index (κ1) is 15.6. The Kier molecular flexibility index (Phi) is 4.73. The molecule has 2 rings (SSSR count). The average molecular weight is 312 g/mol. The maximum Gasteiger partial charge on any atom is 0.326 e. The molecule has 1 amide bonds. The van der Waals surface area contributed by atoms with Gasteiger partial charge in [-0.05, 0) is 37.0 Å². The van der Waals surface area contributed by atoms with Crippen molar-refractivity contribution < 1.29 is 19.4 Å². The van der Waals surface area contributed by atoms with E-state index in [0.29, 0.717) is 22.9 Å². The van der Waals surface area contributed by atoms with Crippen LogP contribution in [0.2, 0.25) is 5.02 Å². The minimum Gasteiger partial charge on any atom is -0.496 e. The first-order chi connectivity index (χ1) is 9.95. The second kappa shape index (κ2) is 6.35. The number of benzene rings is 1. The normalized spacial score (nSPS) is 22.0. The Bertz CT molecular complexity index is 561. The summed E-state index contributed by atoms with van der Waals surface area (Å²) in [7, 11) is 1.47. The van der Waals surface area contributed by atoms with E-state index in [9.17, 15) is 14.7 Å². The summed E-state index contributed by atoms with van der Waals surface area (Å²) >= 11 is 5.94. The molecule has 2 atom stereocenters. The first-order valence-electron chi connectivity index (χ1n) is 6.83. The van der Waals surface area contributed by atoms with Crippen molar-refractivity contribution in [3.05, 3.63) is 28.8 Å². The molecule has 0 aliphatic carbocycles. The van der Waals surface area contributed by atoms with E-state index in [2.05, 4.69) is 0 Å². The number of ether oxygens (including phenoxy) is 1. The second-order valence-electron chi connectivity index (χ2n) is 5.25. The number of likely N-dealkylation sites (tertiary alicyclic amines) is 1. The zero-order valence-corrected chi connectivity index (χ0v) is 12.8. The number of carbonyl (C=O) groups excluding carboxylic acids is 1. The number of carboxylic acid groups (broad SMARTS) is 1. The van der Waals surface area contributed by atoms with E-state index >= 15 is 0 Å². The molecular formula is C15H18ClNO4. The van der Waals surface area contributed by atoms with Crippen LogP contribution in [0.1, 0.15) is 30.1 Å². The molecule has 0 bridgehead atoms. The molecule has 6 heteroatoms. The van der Waals surface area contributed by atoms with Gasteiger partial charge in [0.2, 0.25) is 0 Å². The average Bonchev–Trinajstić information content (AvgIpc) is 2.45. The van der Waals surface area contributed by atoms with Crippen molar-refractivity contribution in [2.45, 2.75) is 25.8 Å². The van der Waals surface area contributed by atoms with Crippen molar-refractivity contribution in [2.24, 2.45) is 5.92 Å². The molecule has 0 aromatic heterocycles. The van der Waals surface area contributed by atoms with Crippen molar-refractivity contribution in [2.75, 3.05) is 13.7 Å². The van der Waals surface area contributed by atoms with Crippen LogP contribution in [-0.4, -0.2) is 41.6 Å². The number of halogens is 1. The number of hydrogen-bond donors (Lipinski definition) is 1. The molecule has 1 aromatic rings. The number of amides is 1. The quantitative estimate of drug-likeness (QED) is 0.932. The summed E-state index contributed by atoms with van der Waals surface area (Å²) in [6.45, 7) is 2.28. The summed E-state index contributed by atoms with van der Waals surface area (Å²) in [5.74, 6) is -1.01. The standard InChI is InChI=1S/C15H18ClNO4/c1-9-4-3-7-17(13(9)15(19)20)14(18)11-8-10(16)5-6-12(11)21-2/h5-6,8-9,13H,3-4,7H2,1-2H3,(H,19,20). The first-order valence-corrected chi connectivity index (χ1v) is 7.20. The van der Waals surface area contributed by atoms with Crippen LogP contribution in [0.5, 0.6) is 5.75 Å². The molecular weight excluding hydrogens is 294 g/mol. The summed E-state index contributed by atoms with van der Waals surface area (Å²) in [5, 5.41) is 9.82. The Morgan fingerprint density at radius 2 is 2.14 bits per heavy atom. The van der Waals surface area contributed by atoms with Crippen LogP contribution in [0.3, 0.4) is 0 Å². The highest BCUT2D eigenvalue weighted by atomic mass is 35.5. The Labute approximate surface area is 128 Å². The van der Waals surface area contributed by atoms with Gasteiger partial charge in [-0.2, -0.15) is 0 Å². The van der Waals surface area contributed by atoms with Crippen molar-refractivity contribution in [3.63, 3.8) is 0 Å². The number of nitrogens with zero attached hydrogens (tertiary/aromatic N) is 1. The van der Waals surface area contributed by atoms with Crippen LogP contribution in [-0.2, 0) is 4.79 Å². The third kappa shape index (κ3) is 3.13. The van der Waals surface area contributed by atoms with Crippen LogP contribution in [0, 0.1) is 5.92 Å². The van der Waals surface area contributed by atoms with Gasteiger partial charge in [-0.3, -0.25) is 4.79 Å². The molecule has 1 saturated heterocycles. The van der Waals surface area contributed by atoms with Crippen LogP contribution in [0.4, 0.5) is 0 Å². The third-order valence-corrected chi connectivity index (χ3v) is 4.07. The number of hydrogen-bond acceptors (Lipinski definition) is 3. The van der Waals surface area contributed by atoms with Crippen LogP contribution in [0.25, 0.3) is 0 Å². The minimum atomic E-state index is -0.975. The molecule has 0 spiro atoms. The molecule has 5 nitrogen and oxygen atoms in total. The Morgan fingerprint density at radius 3 is 2.76 bits per heavy atom. The van der Waals surface area contributed by atoms with Crippen LogP contribution >= 0.6 is 11.6 Å². The van der Waals surface area contributed by atoms with Gasteiger partial charge in [-0.25, -0.2) is 4.79 Å². The molecule has 1 aliphatic rings. The predicted molar refractivity (Wildman–Crippen MR) is 78.9 cm³/mol. The van der Waals surface area contributed by atoms with E-state index in [1.807, 2.05) is 6.92 Å². The Morgan fingerprint density at radius 1 is 1.43 bits per heavy atom. The van der Waals surface area contributed by atoms with Crippen molar-refractivity contribution in [3.8, 4) is 5.75 Å². The van der Waals surface area contributed by atoms with Crippen molar-refractivity contribution in [1.82, 2.24) is 4.90 Å². The lowest BCUT2D eigenvalue weighted by Crippen LogP contribution is -2.52. The molecule has 1 aromatic carbocycles. The topological polar surface area (TPSA) is 66.8 Å². The summed E-state index contributed by atoms with van der Waals surface area (Å²) in [4.78, 5) is 25.6. The maximum absolute atomic E-state index is 12.7. The highest BCUT2D eigenvalue weighted by molar-refractivity contribution is 6.31. The molecule has 2 unspecified atom stereocenters. The number of aliphatic carboxylic acids is 1. The van der Waals surface area contributed by atoms with Gasteiger partial charge < -0.3 is 14.7 Å². The van der Waals surface area contributed by atoms with Crippen LogP contribution in [0.15, 0.2) is 18.2 Å². The number of carboxylic acids is 1. The molecule has 114 valence electrons. The molecule has 1 aliphatic heterocycles. The van der Waals surface area contributed by atoms with Gasteiger partial charge >= 0.3 is 5.97 Å². The molecule has 1 fully saturated rings. The Hall–Kier alpha value is -1.75. The predicted octanol–water partition coefficient (Wildman–Crippen LogP) is 2.67. The van der Waals surface area contributed by atoms with E-state index < -0.39 is 12.0 Å². The number of methoxy groups -OCH3 is 1. The summed E-state index contributed by atoms with van der Waals surface area (Å²) < 4.78 is 5.18. The highest BCUT2D eigenvalue weighted by Crippen LogP contribution is 2.29. The third-order valence-electron chi connectivity index (χ3n) is 3.84. The number of rotatable bonds is 3. The summed E-state index contributed by atoms with van der Waals surface area (Å²) in [5.41, 5.74) is 0.297. The molecule has 0 saturated carbocycles. The van der Waals surface area contributed by atoms with Gasteiger partial charge in [0.15, 0.2) is 0 Å². The fourth-order valence-corrected chi connectivity index (χ4v) is 2.97. The lowest BCUT2D eigenvalue weighted by atomic mass is 9.90. The molecule has 1 heterocycles. The molecule has 0 radical (unpaired) electrons. The Balaban J connectivity index is 2.38. The van der Waals surface area contributed by atoms with Gasteiger partial charge in [-0.15, -0.1) is 0 Å². The van der Waals surface area contributed by atoms with E-state index in [4.69, 9.17) is 16.3 Å². The van der Waals surface area contributed by atoms with Gasteiger partial charge in [0.25, 0.3) is 5.91 Å². The lowest BCUT2D eigenvalue weighted by molar-refractivity contribution is -0.145. The monoisotopic (exact) mass is 311 g/mol. The van der Waals surface area contributed by atoms with E-state index in [1.165, 1.54) is 18.1 Å².